The van der Waals surface area contributed by atoms with E-state index >= 15 is 0 Å². The Labute approximate surface area is 262 Å². The Kier molecular flexibility index (Phi) is 7.88. The van der Waals surface area contributed by atoms with Crippen LogP contribution in [0.5, 0.6) is 0 Å². The Morgan fingerprint density at radius 3 is 2.67 bits per heavy atom. The maximum atomic E-state index is 14.5. The number of hydrogen-bond donors (Lipinski definition) is 1. The number of sulfone groups is 1. The van der Waals surface area contributed by atoms with E-state index in [1.807, 2.05) is 23.1 Å². The zero-order valence-corrected chi connectivity index (χ0v) is 26.3. The van der Waals surface area contributed by atoms with Gasteiger partial charge in [-0.05, 0) is 56.5 Å². The average Bonchev–Trinajstić information content (AvgIpc) is 3.74. The summed E-state index contributed by atoms with van der Waals surface area (Å²) in [6.45, 7) is 4.00. The van der Waals surface area contributed by atoms with Crippen LogP contribution in [0.15, 0.2) is 40.6 Å². The van der Waals surface area contributed by atoms with Gasteiger partial charge in [0.05, 0.1) is 53.1 Å². The lowest BCUT2D eigenvalue weighted by Gasteiger charge is -2.25. The summed E-state index contributed by atoms with van der Waals surface area (Å²) in [5, 5.41) is 10.5. The number of nitrogens with zero attached hydrogens (tertiary/aromatic N) is 6. The maximum Gasteiger partial charge on any atom is 0.295 e. The monoisotopic (exact) mass is 655 g/mol. The quantitative estimate of drug-likeness (QED) is 0.215. The molecule has 1 N–H and O–H groups in total. The number of benzene rings is 1. The van der Waals surface area contributed by atoms with Gasteiger partial charge >= 0.3 is 0 Å². The van der Waals surface area contributed by atoms with Gasteiger partial charge in [0.15, 0.2) is 21.3 Å². The van der Waals surface area contributed by atoms with E-state index in [9.17, 15) is 17.2 Å². The van der Waals surface area contributed by atoms with Gasteiger partial charge in [0, 0.05) is 35.9 Å². The predicted octanol–water partition coefficient (Wildman–Crippen LogP) is 5.96. The molecule has 4 aromatic heterocycles. The van der Waals surface area contributed by atoms with Crippen molar-refractivity contribution in [2.45, 2.75) is 63.3 Å². The third-order valence-corrected chi connectivity index (χ3v) is 10.0. The molecule has 0 bridgehead atoms. The van der Waals surface area contributed by atoms with Gasteiger partial charge in [0.25, 0.3) is 6.43 Å². The highest BCUT2D eigenvalue weighted by Crippen LogP contribution is 2.38. The summed E-state index contributed by atoms with van der Waals surface area (Å²) in [5.74, 6) is -0.447. The lowest BCUT2D eigenvalue weighted by molar-refractivity contribution is -0.0363. The highest BCUT2D eigenvalue weighted by Gasteiger charge is 2.29. The predicted molar refractivity (Wildman–Crippen MR) is 165 cm³/mol. The molecule has 11 nitrogen and oxygen atoms in total. The minimum absolute atomic E-state index is 0.0465. The molecule has 2 aliphatic heterocycles. The SMILES string of the molecule is Cc1csc(-c2ccc(Nc3cc(Cc4cc5n(n4)CCOC5)nc4c3nc(C(F)F)n4C3CCCCO3)c(S(C)(=O)=O)c2)n1. The van der Waals surface area contributed by atoms with Gasteiger partial charge in [-0.15, -0.1) is 11.3 Å². The Hall–Kier alpha value is -3.79. The molecule has 5 aromatic rings. The number of alkyl halides is 2. The number of fused-ring (bicyclic) bond motifs is 2. The van der Waals surface area contributed by atoms with Crippen molar-refractivity contribution >= 4 is 43.7 Å². The van der Waals surface area contributed by atoms with E-state index in [0.717, 1.165) is 36.2 Å². The van der Waals surface area contributed by atoms with Crippen molar-refractivity contribution in [3.05, 3.63) is 64.3 Å². The van der Waals surface area contributed by atoms with Gasteiger partial charge in [-0.1, -0.05) is 0 Å². The number of rotatable bonds is 8. The summed E-state index contributed by atoms with van der Waals surface area (Å²) in [5.41, 5.74) is 4.81. The number of anilines is 2. The van der Waals surface area contributed by atoms with Crippen LogP contribution < -0.4 is 5.32 Å². The fourth-order valence-corrected chi connectivity index (χ4v) is 7.46. The number of pyridine rings is 1. The average molecular weight is 656 g/mol. The standard InChI is InChI=1S/C30H31F2N7O4S2/c1-17-16-44-30(33-17)18-6-7-22(24(11-18)45(2,40)41)35-23-14-19(12-20-13-21-15-42-10-8-38(21)37-20)34-28-26(23)36-29(27(31)32)39(28)25-5-3-4-9-43-25/h6-7,11,13-14,16,25,27H,3-5,8-10,12,15H2,1-2H3,(H,34,35). The summed E-state index contributed by atoms with van der Waals surface area (Å²) in [7, 11) is -3.72. The zero-order chi connectivity index (χ0) is 31.3. The van der Waals surface area contributed by atoms with Crippen LogP contribution in [0.4, 0.5) is 20.2 Å². The molecule has 0 amide bonds. The lowest BCUT2D eigenvalue weighted by Crippen LogP contribution is -2.20. The number of halogens is 2. The fourth-order valence-electron chi connectivity index (χ4n) is 5.80. The first-order valence-corrected chi connectivity index (χ1v) is 17.4. The van der Waals surface area contributed by atoms with Crippen LogP contribution in [0.2, 0.25) is 0 Å². The Morgan fingerprint density at radius 2 is 1.96 bits per heavy atom. The molecular formula is C30H31F2N7O4S2. The molecule has 7 rings (SSSR count). The van der Waals surface area contributed by atoms with E-state index in [0.29, 0.717) is 61.2 Å². The Bertz CT molecular complexity index is 1970. The van der Waals surface area contributed by atoms with Gasteiger partial charge in [-0.25, -0.2) is 32.2 Å². The Balaban J connectivity index is 1.37. The smallest absolute Gasteiger partial charge is 0.295 e. The van der Waals surface area contributed by atoms with Crippen molar-refractivity contribution in [3.63, 3.8) is 0 Å². The number of aryl methyl sites for hydroxylation is 1. The van der Waals surface area contributed by atoms with Crippen molar-refractivity contribution in [2.75, 3.05) is 24.8 Å². The summed E-state index contributed by atoms with van der Waals surface area (Å²) in [6, 6.07) is 8.69. The Morgan fingerprint density at radius 1 is 1.09 bits per heavy atom. The molecule has 0 saturated carbocycles. The summed E-state index contributed by atoms with van der Waals surface area (Å²) < 4.78 is 69.8. The van der Waals surface area contributed by atoms with Crippen LogP contribution in [-0.2, 0) is 38.9 Å². The molecule has 0 spiro atoms. The third kappa shape index (κ3) is 5.96. The van der Waals surface area contributed by atoms with Gasteiger partial charge in [-0.2, -0.15) is 5.10 Å². The molecule has 15 heteroatoms. The van der Waals surface area contributed by atoms with Gasteiger partial charge < -0.3 is 14.8 Å². The van der Waals surface area contributed by atoms with Crippen LogP contribution in [-0.4, -0.2) is 57.2 Å². The highest BCUT2D eigenvalue weighted by molar-refractivity contribution is 7.90. The summed E-state index contributed by atoms with van der Waals surface area (Å²) >= 11 is 1.42. The van der Waals surface area contributed by atoms with Crippen molar-refractivity contribution in [2.24, 2.45) is 0 Å². The molecule has 45 heavy (non-hydrogen) atoms. The van der Waals surface area contributed by atoms with E-state index in [-0.39, 0.29) is 21.7 Å². The minimum Gasteiger partial charge on any atom is -0.373 e. The van der Waals surface area contributed by atoms with E-state index < -0.39 is 28.3 Å². The molecule has 1 aromatic carbocycles. The number of nitrogens with one attached hydrogen (secondary N) is 1. The fraction of sp³-hybridized carbons (Fsp3) is 0.400. The highest BCUT2D eigenvalue weighted by atomic mass is 32.2. The first kappa shape index (κ1) is 29.9. The second kappa shape index (κ2) is 11.9. The van der Waals surface area contributed by atoms with Crippen LogP contribution in [0.25, 0.3) is 21.7 Å². The molecule has 236 valence electrons. The molecule has 1 unspecified atom stereocenters. The molecule has 1 saturated heterocycles. The number of imidazole rings is 1. The summed E-state index contributed by atoms with van der Waals surface area (Å²) in [6.07, 6.45) is 0.130. The van der Waals surface area contributed by atoms with Crippen molar-refractivity contribution < 1.29 is 26.7 Å². The molecule has 0 radical (unpaired) electrons. The second-order valence-electron chi connectivity index (χ2n) is 11.3. The molecule has 6 heterocycles. The van der Waals surface area contributed by atoms with E-state index in [1.54, 1.807) is 24.3 Å². The van der Waals surface area contributed by atoms with Gasteiger partial charge in [0.2, 0.25) is 0 Å². The van der Waals surface area contributed by atoms with Crippen LogP contribution in [0.1, 0.15) is 60.5 Å². The molecule has 1 atom stereocenters. The first-order chi connectivity index (χ1) is 21.6. The number of thiazole rings is 1. The normalized spacial score (nSPS) is 17.2. The van der Waals surface area contributed by atoms with Crippen LogP contribution >= 0.6 is 11.3 Å². The third-order valence-electron chi connectivity index (χ3n) is 7.86. The number of hydrogen-bond acceptors (Lipinski definition) is 10. The van der Waals surface area contributed by atoms with Gasteiger partial charge in [-0.3, -0.25) is 9.25 Å². The van der Waals surface area contributed by atoms with E-state index in [1.165, 1.54) is 15.9 Å². The van der Waals surface area contributed by atoms with E-state index in [2.05, 4.69) is 15.3 Å². The first-order valence-electron chi connectivity index (χ1n) is 14.6. The summed E-state index contributed by atoms with van der Waals surface area (Å²) in [4.78, 5) is 13.7. The van der Waals surface area contributed by atoms with Crippen molar-refractivity contribution in [1.82, 2.24) is 29.3 Å². The lowest BCUT2D eigenvalue weighted by atomic mass is 10.1. The maximum absolute atomic E-state index is 14.5. The number of aromatic nitrogens is 6. The molecule has 1 fully saturated rings. The van der Waals surface area contributed by atoms with E-state index in [4.69, 9.17) is 19.6 Å². The van der Waals surface area contributed by atoms with Crippen molar-refractivity contribution in [1.29, 1.82) is 0 Å². The zero-order valence-electron chi connectivity index (χ0n) is 24.7. The van der Waals surface area contributed by atoms with Crippen LogP contribution in [0.3, 0.4) is 0 Å². The topological polar surface area (TPSA) is 126 Å². The van der Waals surface area contributed by atoms with Crippen LogP contribution in [0, 0.1) is 6.92 Å². The largest absolute Gasteiger partial charge is 0.373 e. The number of ether oxygens (including phenoxy) is 2. The molecule has 2 aliphatic rings. The molecular weight excluding hydrogens is 625 g/mol. The minimum atomic E-state index is -3.72. The molecule has 0 aliphatic carbocycles. The van der Waals surface area contributed by atoms with Gasteiger partial charge in [0.1, 0.15) is 16.8 Å². The van der Waals surface area contributed by atoms with Crippen molar-refractivity contribution in [3.8, 4) is 10.6 Å². The second-order valence-corrected chi connectivity index (χ2v) is 14.1.